The lowest BCUT2D eigenvalue weighted by molar-refractivity contribution is 0.0941. The van der Waals surface area contributed by atoms with Gasteiger partial charge in [-0.15, -0.1) is 0 Å². The Bertz CT molecular complexity index is 1180. The van der Waals surface area contributed by atoms with Crippen LogP contribution < -0.4 is 5.32 Å². The number of rotatable bonds is 4. The Kier molecular flexibility index (Phi) is 4.21. The molecule has 0 aliphatic rings. The summed E-state index contributed by atoms with van der Waals surface area (Å²) in [6, 6.07) is 1.55. The predicted octanol–water partition coefficient (Wildman–Crippen LogP) is 2.46. The smallest absolute Gasteiger partial charge is 0.259 e. The summed E-state index contributed by atoms with van der Waals surface area (Å²) in [7, 11) is 3.70. The second-order valence-corrected chi connectivity index (χ2v) is 6.91. The van der Waals surface area contributed by atoms with Crippen molar-refractivity contribution in [2.24, 2.45) is 14.1 Å². The van der Waals surface area contributed by atoms with E-state index >= 15 is 0 Å². The Morgan fingerprint density at radius 3 is 2.64 bits per heavy atom. The third kappa shape index (κ3) is 2.94. The molecule has 4 aromatic rings. The first-order valence-corrected chi connectivity index (χ1v) is 8.90. The van der Waals surface area contributed by atoms with E-state index in [4.69, 9.17) is 4.52 Å². The second-order valence-electron chi connectivity index (χ2n) is 6.91. The normalized spacial score (nSPS) is 12.5. The van der Waals surface area contributed by atoms with E-state index in [9.17, 15) is 4.79 Å². The van der Waals surface area contributed by atoms with Crippen molar-refractivity contribution < 1.29 is 9.32 Å². The fourth-order valence-corrected chi connectivity index (χ4v) is 3.27. The maximum atomic E-state index is 13.1. The van der Waals surface area contributed by atoms with Crippen LogP contribution in [0.25, 0.3) is 22.4 Å². The molecule has 0 radical (unpaired) electrons. The Balaban J connectivity index is 1.75. The molecule has 1 N–H and O–H groups in total. The number of pyridine rings is 1. The Morgan fingerprint density at radius 2 is 2.00 bits per heavy atom. The number of nitrogens with zero attached hydrogens (tertiary/aromatic N) is 6. The van der Waals surface area contributed by atoms with Crippen LogP contribution in [-0.2, 0) is 14.1 Å². The minimum atomic E-state index is -0.223. The number of carbonyl (C=O) groups excluding carboxylic acids is 1. The van der Waals surface area contributed by atoms with Crippen molar-refractivity contribution in [1.82, 2.24) is 35.0 Å². The van der Waals surface area contributed by atoms with Crippen LogP contribution in [0, 0.1) is 13.8 Å². The molecule has 4 rings (SSSR count). The molecule has 0 aliphatic carbocycles. The number of fused-ring (bicyclic) bond motifs is 1. The molecule has 4 heterocycles. The highest BCUT2D eigenvalue weighted by molar-refractivity contribution is 6.07. The predicted molar refractivity (Wildman–Crippen MR) is 103 cm³/mol. The summed E-state index contributed by atoms with van der Waals surface area (Å²) in [5.74, 6) is -0.223. The SMILES string of the molecule is Cc1noc2nc(-c3cnn(C)c3)cc(C(=O)NC(C)c3cnn(C)c3C)c12. The van der Waals surface area contributed by atoms with Gasteiger partial charge in [0, 0.05) is 37.1 Å². The van der Waals surface area contributed by atoms with E-state index in [0.717, 1.165) is 16.8 Å². The van der Waals surface area contributed by atoms with Crippen molar-refractivity contribution in [2.45, 2.75) is 26.8 Å². The van der Waals surface area contributed by atoms with E-state index < -0.39 is 0 Å². The van der Waals surface area contributed by atoms with Crippen LogP contribution in [0.4, 0.5) is 0 Å². The van der Waals surface area contributed by atoms with Crippen molar-refractivity contribution in [2.75, 3.05) is 0 Å². The van der Waals surface area contributed by atoms with Gasteiger partial charge in [-0.05, 0) is 26.8 Å². The minimum Gasteiger partial charge on any atom is -0.345 e. The summed E-state index contributed by atoms with van der Waals surface area (Å²) in [6.07, 6.45) is 5.30. The van der Waals surface area contributed by atoms with E-state index in [2.05, 4.69) is 25.7 Å². The van der Waals surface area contributed by atoms with E-state index in [1.54, 1.807) is 34.7 Å². The third-order valence-electron chi connectivity index (χ3n) is 4.95. The van der Waals surface area contributed by atoms with Crippen LogP contribution in [0.2, 0.25) is 0 Å². The highest BCUT2D eigenvalue weighted by Crippen LogP contribution is 2.27. The second kappa shape index (κ2) is 6.59. The van der Waals surface area contributed by atoms with Gasteiger partial charge in [0.05, 0.1) is 40.8 Å². The first-order valence-electron chi connectivity index (χ1n) is 8.90. The van der Waals surface area contributed by atoms with Crippen LogP contribution in [0.3, 0.4) is 0 Å². The molecule has 1 atom stereocenters. The van der Waals surface area contributed by atoms with Crippen LogP contribution in [0.1, 0.15) is 40.3 Å². The van der Waals surface area contributed by atoms with Gasteiger partial charge in [0.2, 0.25) is 0 Å². The van der Waals surface area contributed by atoms with Gasteiger partial charge in [0.25, 0.3) is 11.6 Å². The van der Waals surface area contributed by atoms with Crippen molar-refractivity contribution >= 4 is 17.0 Å². The summed E-state index contributed by atoms with van der Waals surface area (Å²) in [5.41, 5.74) is 4.79. The van der Waals surface area contributed by atoms with Gasteiger partial charge < -0.3 is 9.84 Å². The summed E-state index contributed by atoms with van der Waals surface area (Å²) < 4.78 is 8.80. The van der Waals surface area contributed by atoms with Gasteiger partial charge in [0.1, 0.15) is 0 Å². The maximum Gasteiger partial charge on any atom is 0.259 e. The highest BCUT2D eigenvalue weighted by atomic mass is 16.5. The number of nitrogens with one attached hydrogen (secondary N) is 1. The number of amides is 1. The first kappa shape index (κ1) is 17.9. The molecule has 0 aliphatic heterocycles. The number of carbonyl (C=O) groups is 1. The molecular weight excluding hydrogens is 358 g/mol. The van der Waals surface area contributed by atoms with Gasteiger partial charge in [-0.3, -0.25) is 14.2 Å². The molecule has 0 saturated carbocycles. The lowest BCUT2D eigenvalue weighted by Gasteiger charge is -2.14. The van der Waals surface area contributed by atoms with Gasteiger partial charge in [-0.2, -0.15) is 10.2 Å². The van der Waals surface area contributed by atoms with Crippen molar-refractivity contribution in [1.29, 1.82) is 0 Å². The molecule has 0 bridgehead atoms. The molecule has 9 nitrogen and oxygen atoms in total. The summed E-state index contributed by atoms with van der Waals surface area (Å²) >= 11 is 0. The van der Waals surface area contributed by atoms with Crippen LogP contribution in [-0.4, -0.2) is 35.6 Å². The summed E-state index contributed by atoms with van der Waals surface area (Å²) in [4.78, 5) is 17.6. The molecule has 0 fully saturated rings. The van der Waals surface area contributed by atoms with E-state index in [0.29, 0.717) is 28.1 Å². The molecule has 0 spiro atoms. The molecule has 9 heteroatoms. The Morgan fingerprint density at radius 1 is 1.21 bits per heavy atom. The number of aromatic nitrogens is 6. The quantitative estimate of drug-likeness (QED) is 0.584. The number of hydrogen-bond donors (Lipinski definition) is 1. The summed E-state index contributed by atoms with van der Waals surface area (Å²) in [6.45, 7) is 5.70. The van der Waals surface area contributed by atoms with Crippen molar-refractivity contribution in [3.8, 4) is 11.3 Å². The average molecular weight is 379 g/mol. The fourth-order valence-electron chi connectivity index (χ4n) is 3.27. The lowest BCUT2D eigenvalue weighted by Crippen LogP contribution is -2.27. The van der Waals surface area contributed by atoms with Crippen LogP contribution in [0.15, 0.2) is 29.2 Å². The molecule has 28 heavy (non-hydrogen) atoms. The fraction of sp³-hybridized carbons (Fsp3) is 0.316. The lowest BCUT2D eigenvalue weighted by atomic mass is 10.1. The zero-order chi connectivity index (χ0) is 20.0. The van der Waals surface area contributed by atoms with Gasteiger partial charge in [-0.1, -0.05) is 5.16 Å². The van der Waals surface area contributed by atoms with Crippen LogP contribution >= 0.6 is 0 Å². The molecule has 1 amide bonds. The van der Waals surface area contributed by atoms with Gasteiger partial charge >= 0.3 is 0 Å². The number of aryl methyl sites for hydroxylation is 3. The monoisotopic (exact) mass is 379 g/mol. The van der Waals surface area contributed by atoms with Crippen LogP contribution in [0.5, 0.6) is 0 Å². The highest BCUT2D eigenvalue weighted by Gasteiger charge is 2.22. The van der Waals surface area contributed by atoms with E-state index in [1.807, 2.05) is 34.1 Å². The number of hydrogen-bond acceptors (Lipinski definition) is 6. The first-order chi connectivity index (χ1) is 13.3. The Hall–Kier alpha value is -3.49. The topological polar surface area (TPSA) is 104 Å². The molecule has 1 unspecified atom stereocenters. The molecule has 0 aromatic carbocycles. The zero-order valence-electron chi connectivity index (χ0n) is 16.4. The maximum absolute atomic E-state index is 13.1. The Labute approximate surface area is 161 Å². The largest absolute Gasteiger partial charge is 0.345 e. The molecule has 0 saturated heterocycles. The molecule has 144 valence electrons. The van der Waals surface area contributed by atoms with Crippen molar-refractivity contribution in [3.63, 3.8) is 0 Å². The van der Waals surface area contributed by atoms with Crippen molar-refractivity contribution in [3.05, 3.63) is 47.2 Å². The van der Waals surface area contributed by atoms with Gasteiger partial charge in [0.15, 0.2) is 0 Å². The molecule has 4 aromatic heterocycles. The third-order valence-corrected chi connectivity index (χ3v) is 4.95. The standard InChI is InChI=1S/C19H21N7O2/c1-10(15-8-21-26(5)12(15)3)22-18(27)14-6-16(13-7-20-25(4)9-13)23-19-17(14)11(2)24-28-19/h6-10H,1-5H3,(H,22,27). The summed E-state index contributed by atoms with van der Waals surface area (Å²) in [5, 5.41) is 16.1. The van der Waals surface area contributed by atoms with Gasteiger partial charge in [-0.25, -0.2) is 4.98 Å². The van der Waals surface area contributed by atoms with E-state index in [-0.39, 0.29) is 11.9 Å². The zero-order valence-corrected chi connectivity index (χ0v) is 16.4. The average Bonchev–Trinajstić information content (AvgIpc) is 3.35. The molecular formula is C19H21N7O2. The minimum absolute atomic E-state index is 0.202. The van der Waals surface area contributed by atoms with E-state index in [1.165, 1.54) is 0 Å².